The normalized spacial score (nSPS) is 15.2. The second-order valence-corrected chi connectivity index (χ2v) is 10.8. The average molecular weight is 566 g/mol. The molecule has 4 rings (SSSR count). The Morgan fingerprint density at radius 1 is 1.18 bits per heavy atom. The molecule has 2 aromatic carbocycles. The maximum Gasteiger partial charge on any atom is 0.469 e. The van der Waals surface area contributed by atoms with E-state index >= 15 is 0 Å². The molecule has 0 spiro atoms. The predicted molar refractivity (Wildman–Crippen MR) is 146 cm³/mol. The van der Waals surface area contributed by atoms with Crippen molar-refractivity contribution < 1.29 is 37.9 Å². The second-order valence-electron chi connectivity index (χ2n) is 9.61. The van der Waals surface area contributed by atoms with Crippen LogP contribution in [-0.4, -0.2) is 52.9 Å². The third kappa shape index (κ3) is 7.68. The van der Waals surface area contributed by atoms with Gasteiger partial charge in [0.25, 0.3) is 11.8 Å². The molecule has 0 radical (unpaired) electrons. The van der Waals surface area contributed by atoms with Crippen molar-refractivity contribution in [2.45, 2.75) is 19.9 Å². The fourth-order valence-electron chi connectivity index (χ4n) is 3.66. The van der Waals surface area contributed by atoms with Gasteiger partial charge in [-0.2, -0.15) is 0 Å². The van der Waals surface area contributed by atoms with Crippen molar-refractivity contribution in [1.29, 1.82) is 0 Å². The number of anilines is 1. The minimum atomic E-state index is -4.62. The van der Waals surface area contributed by atoms with Crippen molar-refractivity contribution in [2.24, 2.45) is 5.41 Å². The van der Waals surface area contributed by atoms with E-state index in [1.165, 1.54) is 17.2 Å². The summed E-state index contributed by atoms with van der Waals surface area (Å²) in [6.45, 7) is 3.00. The van der Waals surface area contributed by atoms with Gasteiger partial charge in [-0.3, -0.25) is 19.1 Å². The Balaban J connectivity index is 1.45. The molecule has 0 unspecified atom stereocenters. The molecule has 0 fully saturated rings. The van der Waals surface area contributed by atoms with Crippen LogP contribution in [0.25, 0.3) is 0 Å². The van der Waals surface area contributed by atoms with Gasteiger partial charge in [0, 0.05) is 24.9 Å². The number of rotatable bonds is 7. The molecule has 40 heavy (non-hydrogen) atoms. The zero-order chi connectivity index (χ0) is 28.9. The molecule has 2 heterocycles. The minimum Gasteiger partial charge on any atom is -0.489 e. The first-order valence-electron chi connectivity index (χ1n) is 12.2. The van der Waals surface area contributed by atoms with Gasteiger partial charge < -0.3 is 29.5 Å². The highest BCUT2D eigenvalue weighted by Gasteiger charge is 2.31. The Hall–Kier alpha value is -4.20. The number of ether oxygens (including phenoxy) is 2. The summed E-state index contributed by atoms with van der Waals surface area (Å²) in [5, 5.41) is 2.69. The van der Waals surface area contributed by atoms with Crippen LogP contribution in [0.2, 0.25) is 0 Å². The number of aromatic nitrogens is 1. The summed E-state index contributed by atoms with van der Waals surface area (Å²) in [6, 6.07) is 16.3. The molecule has 2 amide bonds. The van der Waals surface area contributed by atoms with Gasteiger partial charge in [-0.15, -0.1) is 0 Å². The lowest BCUT2D eigenvalue weighted by Gasteiger charge is -2.20. The lowest BCUT2D eigenvalue weighted by atomic mass is 9.95. The molecule has 0 bridgehead atoms. The van der Waals surface area contributed by atoms with E-state index in [0.29, 0.717) is 28.5 Å². The maximum atomic E-state index is 13.3. The van der Waals surface area contributed by atoms with Crippen LogP contribution in [-0.2, 0) is 13.9 Å². The molecule has 3 N–H and O–H groups in total. The Morgan fingerprint density at radius 2 is 1.93 bits per heavy atom. The van der Waals surface area contributed by atoms with Gasteiger partial charge in [-0.05, 0) is 50.2 Å². The number of hydrogen-bond acceptors (Lipinski definition) is 7. The molecule has 3 aromatic rings. The number of fused-ring (bicyclic) bond motifs is 1. The number of pyridine rings is 1. The number of carbonyl (C=O) groups excluding carboxylic acids is 2. The first kappa shape index (κ1) is 28.8. The number of phosphoric ester groups is 1. The first-order valence-corrected chi connectivity index (χ1v) is 13.7. The molecule has 1 aliphatic rings. The molecule has 12 heteroatoms. The molecule has 0 saturated carbocycles. The minimum absolute atomic E-state index is 0.0774. The number of nitrogens with one attached hydrogen (secondary N) is 1. The number of nitrogens with zero attached hydrogens (tertiary/aromatic N) is 2. The van der Waals surface area contributed by atoms with E-state index in [4.69, 9.17) is 19.3 Å². The second kappa shape index (κ2) is 11.9. The van der Waals surface area contributed by atoms with E-state index in [1.54, 1.807) is 57.3 Å². The number of benzene rings is 2. The van der Waals surface area contributed by atoms with Crippen molar-refractivity contribution in [2.75, 3.05) is 25.2 Å². The topological polar surface area (TPSA) is 148 Å². The van der Waals surface area contributed by atoms with E-state index in [-0.39, 0.29) is 18.9 Å². The van der Waals surface area contributed by atoms with Crippen LogP contribution in [0.15, 0.2) is 66.9 Å². The van der Waals surface area contributed by atoms with Crippen molar-refractivity contribution in [1.82, 2.24) is 10.3 Å². The number of para-hydroxylation sites is 1. The molecule has 1 atom stereocenters. The third-order valence-electron chi connectivity index (χ3n) is 5.74. The summed E-state index contributed by atoms with van der Waals surface area (Å²) >= 11 is 0. The summed E-state index contributed by atoms with van der Waals surface area (Å²) in [5.74, 6) is 6.37. The highest BCUT2D eigenvalue weighted by molar-refractivity contribution is 7.46. The molecule has 208 valence electrons. The molecule has 1 aliphatic heterocycles. The smallest absolute Gasteiger partial charge is 0.469 e. The van der Waals surface area contributed by atoms with Crippen LogP contribution >= 0.6 is 7.82 Å². The van der Waals surface area contributed by atoms with Gasteiger partial charge in [0.15, 0.2) is 0 Å². The summed E-state index contributed by atoms with van der Waals surface area (Å²) in [5.41, 5.74) is 0.231. The summed E-state index contributed by atoms with van der Waals surface area (Å²) < 4.78 is 27.2. The lowest BCUT2D eigenvalue weighted by molar-refractivity contribution is -0.120. The Kier molecular flexibility index (Phi) is 8.57. The highest BCUT2D eigenvalue weighted by Crippen LogP contribution is 2.38. The fourth-order valence-corrected chi connectivity index (χ4v) is 4.15. The summed E-state index contributed by atoms with van der Waals surface area (Å²) in [4.78, 5) is 49.6. The van der Waals surface area contributed by atoms with Gasteiger partial charge in [0.2, 0.25) is 0 Å². The van der Waals surface area contributed by atoms with E-state index < -0.39 is 31.1 Å². The van der Waals surface area contributed by atoms with E-state index in [2.05, 4.69) is 26.7 Å². The molecule has 0 saturated heterocycles. The lowest BCUT2D eigenvalue weighted by Crippen LogP contribution is -2.49. The standard InChI is InChI=1S/C28H28N3O8P/c1-28(2,18-38-40(34,35)36)13-11-19-9-10-25-24(15-19)31(3)27(33)23(17-37-25)30-26(32)22-16-21(12-14-29-22)39-20-7-5-4-6-8-20/h4-10,12,14-16,23H,17-18H2,1-3H3,(H,30,32)(H2,34,35,36)/t23-/m1/s1. The molecule has 11 nitrogen and oxygen atoms in total. The van der Waals surface area contributed by atoms with Crippen LogP contribution in [0.1, 0.15) is 29.9 Å². The number of amides is 2. The average Bonchev–Trinajstić information content (AvgIpc) is 3.03. The van der Waals surface area contributed by atoms with Crippen LogP contribution in [0.4, 0.5) is 5.69 Å². The highest BCUT2D eigenvalue weighted by atomic mass is 31.2. The zero-order valence-electron chi connectivity index (χ0n) is 22.0. The summed E-state index contributed by atoms with van der Waals surface area (Å²) in [7, 11) is -3.05. The zero-order valence-corrected chi connectivity index (χ0v) is 22.9. The van der Waals surface area contributed by atoms with E-state index in [9.17, 15) is 14.2 Å². The van der Waals surface area contributed by atoms with Gasteiger partial charge in [-0.1, -0.05) is 30.0 Å². The molecule has 1 aromatic heterocycles. The largest absolute Gasteiger partial charge is 0.489 e. The van der Waals surface area contributed by atoms with Crippen LogP contribution in [0.5, 0.6) is 17.2 Å². The van der Waals surface area contributed by atoms with Crippen LogP contribution < -0.4 is 19.7 Å². The van der Waals surface area contributed by atoms with Crippen molar-refractivity contribution >= 4 is 25.3 Å². The number of carbonyl (C=O) groups is 2. The van der Waals surface area contributed by atoms with Gasteiger partial charge in [0.1, 0.15) is 35.6 Å². The predicted octanol–water partition coefficient (Wildman–Crippen LogP) is 3.51. The first-order chi connectivity index (χ1) is 18.9. The van der Waals surface area contributed by atoms with Crippen LogP contribution in [0.3, 0.4) is 0 Å². The molecule has 0 aliphatic carbocycles. The van der Waals surface area contributed by atoms with Gasteiger partial charge >= 0.3 is 7.82 Å². The van der Waals surface area contributed by atoms with Crippen LogP contribution in [0, 0.1) is 17.3 Å². The molecular formula is C28H28N3O8P. The van der Waals surface area contributed by atoms with E-state index in [1.807, 2.05) is 18.2 Å². The van der Waals surface area contributed by atoms with Crippen molar-refractivity contribution in [3.63, 3.8) is 0 Å². The fraction of sp³-hybridized carbons (Fsp3) is 0.250. The number of likely N-dealkylation sites (N-methyl/N-ethyl adjacent to an activating group) is 1. The van der Waals surface area contributed by atoms with Gasteiger partial charge in [0.05, 0.1) is 17.7 Å². The Labute approximate surface area is 231 Å². The number of phosphoric acid groups is 1. The quantitative estimate of drug-likeness (QED) is 0.289. The third-order valence-corrected chi connectivity index (χ3v) is 6.21. The Bertz CT molecular complexity index is 1510. The van der Waals surface area contributed by atoms with E-state index in [0.717, 1.165) is 0 Å². The maximum absolute atomic E-state index is 13.3. The number of hydrogen-bond donors (Lipinski definition) is 3. The summed E-state index contributed by atoms with van der Waals surface area (Å²) in [6.07, 6.45) is 1.45. The SMILES string of the molecule is CN1C(=O)[C@H](NC(=O)c2cc(Oc3ccccc3)ccn2)COc2ccc(C#CC(C)(C)COP(=O)(O)O)cc21. The monoisotopic (exact) mass is 565 g/mol. The molecular weight excluding hydrogens is 537 g/mol. The van der Waals surface area contributed by atoms with Crippen molar-refractivity contribution in [3.8, 4) is 29.1 Å². The van der Waals surface area contributed by atoms with Crippen molar-refractivity contribution in [3.05, 3.63) is 78.1 Å². The van der Waals surface area contributed by atoms with Gasteiger partial charge in [-0.25, -0.2) is 4.57 Å². The Morgan fingerprint density at radius 3 is 2.65 bits per heavy atom.